The topological polar surface area (TPSA) is 66.4 Å². The highest BCUT2D eigenvalue weighted by Gasteiger charge is 2.07. The first kappa shape index (κ1) is 15.8. The van der Waals surface area contributed by atoms with Crippen LogP contribution in [0.2, 0.25) is 10.0 Å². The van der Waals surface area contributed by atoms with Crippen LogP contribution >= 0.6 is 23.2 Å². The molecule has 0 aliphatic rings. The second-order valence-corrected chi connectivity index (χ2v) is 4.90. The molecule has 104 valence electrons. The van der Waals surface area contributed by atoms with Gasteiger partial charge in [0.05, 0.1) is 10.0 Å². The van der Waals surface area contributed by atoms with Crippen molar-refractivity contribution in [2.75, 3.05) is 6.54 Å². The van der Waals surface area contributed by atoms with Gasteiger partial charge in [0, 0.05) is 18.5 Å². The van der Waals surface area contributed by atoms with Crippen LogP contribution in [0.25, 0.3) is 0 Å². The van der Waals surface area contributed by atoms with Crippen LogP contribution in [0, 0.1) is 0 Å². The summed E-state index contributed by atoms with van der Waals surface area (Å²) in [4.78, 5) is 22.0. The average molecular weight is 304 g/mol. The van der Waals surface area contributed by atoms with Crippen molar-refractivity contribution in [2.45, 2.75) is 25.7 Å². The molecule has 19 heavy (non-hydrogen) atoms. The van der Waals surface area contributed by atoms with Gasteiger partial charge in [-0.2, -0.15) is 0 Å². The zero-order valence-electron chi connectivity index (χ0n) is 10.3. The summed E-state index contributed by atoms with van der Waals surface area (Å²) in [5.74, 6) is -1.00. The molecule has 4 nitrogen and oxygen atoms in total. The van der Waals surface area contributed by atoms with Crippen molar-refractivity contribution in [3.05, 3.63) is 33.8 Å². The van der Waals surface area contributed by atoms with E-state index in [0.717, 1.165) is 12.8 Å². The van der Waals surface area contributed by atoms with Gasteiger partial charge in [-0.05, 0) is 31.0 Å². The number of benzene rings is 1. The van der Waals surface area contributed by atoms with Crippen molar-refractivity contribution in [3.63, 3.8) is 0 Å². The molecule has 0 fully saturated rings. The van der Waals surface area contributed by atoms with Gasteiger partial charge in [-0.15, -0.1) is 0 Å². The Labute approximate surface area is 121 Å². The highest BCUT2D eigenvalue weighted by molar-refractivity contribution is 6.42. The molecule has 1 aromatic rings. The molecular formula is C13H15Cl2NO3. The van der Waals surface area contributed by atoms with E-state index in [0.29, 0.717) is 28.6 Å². The Bertz CT molecular complexity index is 463. The maximum Gasteiger partial charge on any atom is 0.303 e. The normalized spacial score (nSPS) is 10.2. The molecule has 0 spiro atoms. The number of nitrogens with one attached hydrogen (secondary N) is 1. The number of hydrogen-bond donors (Lipinski definition) is 2. The van der Waals surface area contributed by atoms with Crippen LogP contribution in [0.5, 0.6) is 0 Å². The zero-order chi connectivity index (χ0) is 14.3. The summed E-state index contributed by atoms with van der Waals surface area (Å²) >= 11 is 11.6. The SMILES string of the molecule is O=C(O)CCCCCNC(=O)c1ccc(Cl)c(Cl)c1. The summed E-state index contributed by atoms with van der Waals surface area (Å²) in [7, 11) is 0. The zero-order valence-corrected chi connectivity index (χ0v) is 11.8. The van der Waals surface area contributed by atoms with Crippen molar-refractivity contribution in [1.29, 1.82) is 0 Å². The van der Waals surface area contributed by atoms with Gasteiger partial charge in [0.15, 0.2) is 0 Å². The van der Waals surface area contributed by atoms with Crippen LogP contribution in [0.3, 0.4) is 0 Å². The number of rotatable bonds is 7. The lowest BCUT2D eigenvalue weighted by molar-refractivity contribution is -0.137. The molecule has 1 rings (SSSR count). The molecule has 0 saturated carbocycles. The molecule has 0 aromatic heterocycles. The van der Waals surface area contributed by atoms with Crippen molar-refractivity contribution >= 4 is 35.1 Å². The molecule has 0 aliphatic carbocycles. The maximum absolute atomic E-state index is 11.7. The number of carboxylic acids is 1. The summed E-state index contributed by atoms with van der Waals surface area (Å²) < 4.78 is 0. The number of amides is 1. The number of aliphatic carboxylic acids is 1. The van der Waals surface area contributed by atoms with E-state index in [-0.39, 0.29) is 12.3 Å². The van der Waals surface area contributed by atoms with Gasteiger partial charge in [-0.25, -0.2) is 0 Å². The molecule has 1 aromatic carbocycles. The Morgan fingerprint density at radius 1 is 1.11 bits per heavy atom. The predicted octanol–water partition coefficient (Wildman–Crippen LogP) is 3.37. The van der Waals surface area contributed by atoms with Crippen molar-refractivity contribution in [1.82, 2.24) is 5.32 Å². The summed E-state index contributed by atoms with van der Waals surface area (Å²) in [5, 5.41) is 12.0. The fraction of sp³-hybridized carbons (Fsp3) is 0.385. The number of hydrogen-bond acceptors (Lipinski definition) is 2. The minimum Gasteiger partial charge on any atom is -0.481 e. The summed E-state index contributed by atoms with van der Waals surface area (Å²) in [6.45, 7) is 0.513. The van der Waals surface area contributed by atoms with Crippen molar-refractivity contribution < 1.29 is 14.7 Å². The average Bonchev–Trinajstić information content (AvgIpc) is 2.36. The molecular weight excluding hydrogens is 289 g/mol. The van der Waals surface area contributed by atoms with E-state index in [4.69, 9.17) is 28.3 Å². The van der Waals surface area contributed by atoms with Crippen molar-refractivity contribution in [2.24, 2.45) is 0 Å². The Morgan fingerprint density at radius 3 is 2.47 bits per heavy atom. The van der Waals surface area contributed by atoms with E-state index in [1.165, 1.54) is 6.07 Å². The van der Waals surface area contributed by atoms with E-state index in [1.807, 2.05) is 0 Å². The molecule has 2 N–H and O–H groups in total. The van der Waals surface area contributed by atoms with E-state index < -0.39 is 5.97 Å². The lowest BCUT2D eigenvalue weighted by atomic mass is 10.2. The molecule has 0 bridgehead atoms. The lowest BCUT2D eigenvalue weighted by Crippen LogP contribution is -2.24. The molecule has 0 aliphatic heterocycles. The van der Waals surface area contributed by atoms with Gasteiger partial charge in [0.2, 0.25) is 0 Å². The van der Waals surface area contributed by atoms with Crippen molar-refractivity contribution in [3.8, 4) is 0 Å². The van der Waals surface area contributed by atoms with Crippen LogP contribution in [0.1, 0.15) is 36.0 Å². The minimum absolute atomic E-state index is 0.167. The largest absolute Gasteiger partial charge is 0.481 e. The molecule has 0 atom stereocenters. The molecule has 0 unspecified atom stereocenters. The summed E-state index contributed by atoms with van der Waals surface area (Å²) in [6, 6.07) is 4.70. The number of carbonyl (C=O) groups is 2. The van der Waals surface area contributed by atoms with E-state index >= 15 is 0 Å². The Kier molecular flexibility index (Phi) is 6.67. The summed E-state index contributed by atoms with van der Waals surface area (Å²) in [6.07, 6.45) is 2.31. The first-order valence-corrected chi connectivity index (χ1v) is 6.71. The second kappa shape index (κ2) is 8.02. The third-order valence-electron chi connectivity index (χ3n) is 2.53. The number of unbranched alkanes of at least 4 members (excludes halogenated alkanes) is 2. The quantitative estimate of drug-likeness (QED) is 0.759. The fourth-order valence-corrected chi connectivity index (χ4v) is 1.82. The Balaban J connectivity index is 2.27. The number of carbonyl (C=O) groups excluding carboxylic acids is 1. The van der Waals surface area contributed by atoms with Crippen LogP contribution in [0.15, 0.2) is 18.2 Å². The first-order valence-electron chi connectivity index (χ1n) is 5.95. The van der Waals surface area contributed by atoms with Gasteiger partial charge < -0.3 is 10.4 Å². The molecule has 6 heteroatoms. The van der Waals surface area contributed by atoms with Gasteiger partial charge >= 0.3 is 5.97 Å². The minimum atomic E-state index is -0.792. The van der Waals surface area contributed by atoms with Gasteiger partial charge in [0.1, 0.15) is 0 Å². The molecule has 1 amide bonds. The molecule has 0 saturated heterocycles. The Hall–Kier alpha value is -1.26. The Morgan fingerprint density at radius 2 is 1.84 bits per heavy atom. The van der Waals surface area contributed by atoms with Crippen LogP contribution in [-0.4, -0.2) is 23.5 Å². The number of carboxylic acid groups (broad SMARTS) is 1. The predicted molar refractivity (Wildman–Crippen MR) is 74.9 cm³/mol. The van der Waals surface area contributed by atoms with Crippen LogP contribution < -0.4 is 5.32 Å². The van der Waals surface area contributed by atoms with E-state index in [9.17, 15) is 9.59 Å². The third kappa shape index (κ3) is 5.94. The maximum atomic E-state index is 11.7. The second-order valence-electron chi connectivity index (χ2n) is 4.09. The van der Waals surface area contributed by atoms with E-state index in [1.54, 1.807) is 12.1 Å². The van der Waals surface area contributed by atoms with Crippen LogP contribution in [-0.2, 0) is 4.79 Å². The van der Waals surface area contributed by atoms with Gasteiger partial charge in [-0.3, -0.25) is 9.59 Å². The highest BCUT2D eigenvalue weighted by Crippen LogP contribution is 2.22. The molecule has 0 radical (unpaired) electrons. The van der Waals surface area contributed by atoms with Gasteiger partial charge in [0.25, 0.3) is 5.91 Å². The standard InChI is InChI=1S/C13H15Cl2NO3/c14-10-6-5-9(8-11(10)15)13(19)16-7-3-1-2-4-12(17)18/h5-6,8H,1-4,7H2,(H,16,19)(H,17,18). The van der Waals surface area contributed by atoms with Crippen LogP contribution in [0.4, 0.5) is 0 Å². The third-order valence-corrected chi connectivity index (χ3v) is 3.27. The monoisotopic (exact) mass is 303 g/mol. The fourth-order valence-electron chi connectivity index (χ4n) is 1.52. The lowest BCUT2D eigenvalue weighted by Gasteiger charge is -2.05. The highest BCUT2D eigenvalue weighted by atomic mass is 35.5. The van der Waals surface area contributed by atoms with E-state index in [2.05, 4.69) is 5.32 Å². The van der Waals surface area contributed by atoms with Gasteiger partial charge in [-0.1, -0.05) is 29.6 Å². The molecule has 0 heterocycles. The first-order chi connectivity index (χ1) is 9.00. The smallest absolute Gasteiger partial charge is 0.303 e. The summed E-state index contributed by atoms with van der Waals surface area (Å²) in [5.41, 5.74) is 0.458. The number of halogens is 2.